The molecule has 0 aliphatic carbocycles. The van der Waals surface area contributed by atoms with Gasteiger partial charge in [-0.15, -0.1) is 0 Å². The lowest BCUT2D eigenvalue weighted by molar-refractivity contribution is -0.115. The largest absolute Gasteiger partial charge is 0.356 e. The van der Waals surface area contributed by atoms with E-state index in [0.29, 0.717) is 16.4 Å². The van der Waals surface area contributed by atoms with Crippen LogP contribution in [0.5, 0.6) is 0 Å². The van der Waals surface area contributed by atoms with Crippen molar-refractivity contribution in [2.75, 3.05) is 5.32 Å². The molecule has 1 amide bonds. The lowest BCUT2D eigenvalue weighted by Crippen LogP contribution is -2.14. The molecule has 0 saturated carbocycles. The number of amides is 1. The molecule has 4 rings (SSSR count). The first-order valence-corrected chi connectivity index (χ1v) is 9.40. The van der Waals surface area contributed by atoms with E-state index in [-0.39, 0.29) is 12.3 Å². The van der Waals surface area contributed by atoms with Gasteiger partial charge in [0.05, 0.1) is 16.6 Å². The second kappa shape index (κ2) is 6.53. The van der Waals surface area contributed by atoms with Crippen molar-refractivity contribution >= 4 is 43.6 Å². The van der Waals surface area contributed by atoms with Crippen molar-refractivity contribution in [3.05, 3.63) is 52.7 Å². The van der Waals surface area contributed by atoms with Gasteiger partial charge in [0.25, 0.3) is 0 Å². The average molecular weight is 365 g/mol. The maximum Gasteiger partial charge on any atom is 0.232 e. The molecule has 5 nitrogen and oxygen atoms in total. The summed E-state index contributed by atoms with van der Waals surface area (Å²) in [4.78, 5) is 16.9. The summed E-state index contributed by atoms with van der Waals surface area (Å²) in [6.45, 7) is 6.19. The van der Waals surface area contributed by atoms with Crippen molar-refractivity contribution in [2.24, 2.45) is 0 Å². The van der Waals surface area contributed by atoms with Crippen molar-refractivity contribution < 1.29 is 9.32 Å². The molecule has 0 aliphatic rings. The molecule has 0 saturated heterocycles. The minimum atomic E-state index is -0.145. The van der Waals surface area contributed by atoms with E-state index < -0.39 is 0 Å². The summed E-state index contributed by atoms with van der Waals surface area (Å²) in [5.41, 5.74) is 5.82. The number of aryl methyl sites for hydroxylation is 3. The van der Waals surface area contributed by atoms with Crippen LogP contribution in [0.25, 0.3) is 21.2 Å². The first-order valence-electron chi connectivity index (χ1n) is 8.58. The van der Waals surface area contributed by atoms with Crippen molar-refractivity contribution in [1.82, 2.24) is 10.1 Å². The molecular formula is C20H19N3O2S. The molecule has 0 aliphatic heterocycles. The van der Waals surface area contributed by atoms with Crippen LogP contribution < -0.4 is 5.32 Å². The molecule has 2 heterocycles. The molecule has 0 spiro atoms. The molecule has 132 valence electrons. The Labute approximate surface area is 155 Å². The molecule has 0 fully saturated rings. The summed E-state index contributed by atoms with van der Waals surface area (Å²) >= 11 is 1.49. The maximum absolute atomic E-state index is 12.4. The monoisotopic (exact) mass is 365 g/mol. The van der Waals surface area contributed by atoms with Crippen LogP contribution >= 0.6 is 11.3 Å². The van der Waals surface area contributed by atoms with Crippen LogP contribution in [0.3, 0.4) is 0 Å². The Morgan fingerprint density at radius 1 is 1.19 bits per heavy atom. The number of nitrogens with one attached hydrogen (secondary N) is 1. The van der Waals surface area contributed by atoms with Crippen molar-refractivity contribution in [2.45, 2.75) is 33.6 Å². The number of carbonyl (C=O) groups is 1. The minimum absolute atomic E-state index is 0.145. The van der Waals surface area contributed by atoms with Crippen LogP contribution in [0.1, 0.15) is 29.3 Å². The zero-order valence-electron chi connectivity index (χ0n) is 14.9. The van der Waals surface area contributed by atoms with Crippen LogP contribution in [-0.2, 0) is 17.6 Å². The molecule has 0 unspecified atom stereocenters. The topological polar surface area (TPSA) is 68.0 Å². The molecule has 0 atom stereocenters. The number of anilines is 1. The normalized spacial score (nSPS) is 11.3. The van der Waals surface area contributed by atoms with E-state index in [1.807, 2.05) is 32.0 Å². The smallest absolute Gasteiger partial charge is 0.232 e. The molecule has 0 radical (unpaired) electrons. The lowest BCUT2D eigenvalue weighted by atomic mass is 10.1. The van der Waals surface area contributed by atoms with E-state index >= 15 is 0 Å². The Morgan fingerprint density at radius 2 is 2.00 bits per heavy atom. The fourth-order valence-corrected chi connectivity index (χ4v) is 3.88. The van der Waals surface area contributed by atoms with Crippen LogP contribution in [0, 0.1) is 13.8 Å². The predicted molar refractivity (Wildman–Crippen MR) is 105 cm³/mol. The highest BCUT2D eigenvalue weighted by atomic mass is 32.1. The molecule has 2 aromatic heterocycles. The Kier molecular flexibility index (Phi) is 4.20. The first kappa shape index (κ1) is 16.7. The molecule has 1 N–H and O–H groups in total. The van der Waals surface area contributed by atoms with Gasteiger partial charge in [-0.1, -0.05) is 29.5 Å². The zero-order valence-corrected chi connectivity index (χ0v) is 15.7. The standard InChI is InChI=1S/C20H19N3O2S/c1-4-13-5-6-15-18(9-13)26-20(21-15)22-19(24)10-16-14-7-11(2)12(3)8-17(14)25-23-16/h5-9H,4,10H2,1-3H3,(H,21,22,24). The number of rotatable bonds is 4. The number of hydrogen-bond donors (Lipinski definition) is 1. The Hall–Kier alpha value is -2.73. The van der Waals surface area contributed by atoms with E-state index in [2.05, 4.69) is 34.5 Å². The Balaban J connectivity index is 1.55. The van der Waals surface area contributed by atoms with Crippen LogP contribution in [0.15, 0.2) is 34.9 Å². The average Bonchev–Trinajstić information content (AvgIpc) is 3.18. The highest BCUT2D eigenvalue weighted by Crippen LogP contribution is 2.28. The van der Waals surface area contributed by atoms with Crippen LogP contribution in [-0.4, -0.2) is 16.0 Å². The number of carbonyl (C=O) groups excluding carboxylic acids is 1. The number of hydrogen-bond acceptors (Lipinski definition) is 5. The van der Waals surface area contributed by atoms with Crippen molar-refractivity contribution in [1.29, 1.82) is 0 Å². The highest BCUT2D eigenvalue weighted by molar-refractivity contribution is 7.22. The van der Waals surface area contributed by atoms with Gasteiger partial charge in [0.2, 0.25) is 5.91 Å². The van der Waals surface area contributed by atoms with Crippen molar-refractivity contribution in [3.63, 3.8) is 0 Å². The predicted octanol–water partition coefficient (Wildman–Crippen LogP) is 4.80. The van der Waals surface area contributed by atoms with E-state index in [9.17, 15) is 4.79 Å². The molecule has 26 heavy (non-hydrogen) atoms. The maximum atomic E-state index is 12.4. The molecule has 4 aromatic rings. The molecule has 6 heteroatoms. The van der Waals surface area contributed by atoms with E-state index in [4.69, 9.17) is 4.52 Å². The Morgan fingerprint density at radius 3 is 2.81 bits per heavy atom. The number of aromatic nitrogens is 2. The summed E-state index contributed by atoms with van der Waals surface area (Å²) < 4.78 is 6.45. The summed E-state index contributed by atoms with van der Waals surface area (Å²) in [6, 6.07) is 10.2. The van der Waals surface area contributed by atoms with E-state index in [1.54, 1.807) is 0 Å². The first-order chi connectivity index (χ1) is 12.5. The van der Waals surface area contributed by atoms with Gasteiger partial charge in [-0.25, -0.2) is 4.98 Å². The summed E-state index contributed by atoms with van der Waals surface area (Å²) in [5, 5.41) is 8.45. The third kappa shape index (κ3) is 3.08. The highest BCUT2D eigenvalue weighted by Gasteiger charge is 2.15. The third-order valence-electron chi connectivity index (χ3n) is 4.60. The second-order valence-corrected chi connectivity index (χ2v) is 7.49. The van der Waals surface area contributed by atoms with Gasteiger partial charge in [0.1, 0.15) is 5.69 Å². The van der Waals surface area contributed by atoms with Crippen LogP contribution in [0.4, 0.5) is 5.13 Å². The van der Waals surface area contributed by atoms with Gasteiger partial charge in [0, 0.05) is 5.39 Å². The fourth-order valence-electron chi connectivity index (χ4n) is 2.93. The SMILES string of the molecule is CCc1ccc2nc(NC(=O)Cc3noc4cc(C)c(C)cc34)sc2c1. The Bertz CT molecular complexity index is 1130. The van der Waals surface area contributed by atoms with Crippen molar-refractivity contribution in [3.8, 4) is 0 Å². The van der Waals surface area contributed by atoms with Gasteiger partial charge < -0.3 is 9.84 Å². The number of fused-ring (bicyclic) bond motifs is 2. The van der Waals surface area contributed by atoms with Gasteiger partial charge in [0.15, 0.2) is 10.7 Å². The summed E-state index contributed by atoms with van der Waals surface area (Å²) in [6.07, 6.45) is 1.14. The van der Waals surface area contributed by atoms with E-state index in [1.165, 1.54) is 16.9 Å². The molecular weight excluding hydrogens is 346 g/mol. The minimum Gasteiger partial charge on any atom is -0.356 e. The number of benzene rings is 2. The van der Waals surface area contributed by atoms with Gasteiger partial charge >= 0.3 is 0 Å². The van der Waals surface area contributed by atoms with Crippen LogP contribution in [0.2, 0.25) is 0 Å². The number of nitrogens with zero attached hydrogens (tertiary/aromatic N) is 2. The van der Waals surface area contributed by atoms with Gasteiger partial charge in [-0.3, -0.25) is 4.79 Å². The lowest BCUT2D eigenvalue weighted by Gasteiger charge is -2.01. The summed E-state index contributed by atoms with van der Waals surface area (Å²) in [7, 11) is 0. The quantitative estimate of drug-likeness (QED) is 0.564. The zero-order chi connectivity index (χ0) is 18.3. The van der Waals surface area contributed by atoms with E-state index in [0.717, 1.165) is 33.2 Å². The fraction of sp³-hybridized carbons (Fsp3) is 0.250. The van der Waals surface area contributed by atoms with Gasteiger partial charge in [-0.2, -0.15) is 0 Å². The second-order valence-electron chi connectivity index (χ2n) is 6.46. The third-order valence-corrected chi connectivity index (χ3v) is 5.53. The summed E-state index contributed by atoms with van der Waals surface area (Å²) in [5.74, 6) is -0.145. The number of thiazole rings is 1. The molecule has 2 aromatic carbocycles. The van der Waals surface area contributed by atoms with Gasteiger partial charge in [-0.05, 0) is 61.2 Å². The molecule has 0 bridgehead atoms.